The highest BCUT2D eigenvalue weighted by Crippen LogP contribution is 2.07. The second-order valence-corrected chi connectivity index (χ2v) is 4.01. The van der Waals surface area contributed by atoms with Gasteiger partial charge in [-0.15, -0.1) is 0 Å². The summed E-state index contributed by atoms with van der Waals surface area (Å²) in [5.74, 6) is 0.949. The molecule has 0 heteroatoms. The quantitative estimate of drug-likeness (QED) is 0.486. The van der Waals surface area contributed by atoms with Gasteiger partial charge in [-0.1, -0.05) is 79.6 Å². The van der Waals surface area contributed by atoms with Crippen molar-refractivity contribution in [1.29, 1.82) is 0 Å². The zero-order valence-electron chi connectivity index (χ0n) is 10.5. The molecule has 0 aliphatic rings. The van der Waals surface area contributed by atoms with Crippen molar-refractivity contribution in [2.24, 2.45) is 5.92 Å². The molecule has 1 unspecified atom stereocenters. The monoisotopic (exact) mass is 186 g/mol. The van der Waals surface area contributed by atoms with E-state index in [-0.39, 0.29) is 0 Å². The summed E-state index contributed by atoms with van der Waals surface area (Å²) in [5, 5.41) is 0. The van der Waals surface area contributed by atoms with E-state index in [4.69, 9.17) is 0 Å². The van der Waals surface area contributed by atoms with Crippen molar-refractivity contribution < 1.29 is 0 Å². The van der Waals surface area contributed by atoms with Crippen molar-refractivity contribution in [3.63, 3.8) is 0 Å². The maximum atomic E-state index is 2.31. The smallest absolute Gasteiger partial charge is 0.0446 e. The van der Waals surface area contributed by atoms with E-state index < -0.39 is 0 Å². The molecule has 0 amide bonds. The molecule has 0 aromatic carbocycles. The fraction of sp³-hybridized carbons (Fsp3) is 1.00. The van der Waals surface area contributed by atoms with Gasteiger partial charge in [-0.2, -0.15) is 0 Å². The fourth-order valence-corrected chi connectivity index (χ4v) is 1.20. The van der Waals surface area contributed by atoms with Crippen molar-refractivity contribution >= 4 is 0 Å². The summed E-state index contributed by atoms with van der Waals surface area (Å²) in [4.78, 5) is 0. The van der Waals surface area contributed by atoms with E-state index >= 15 is 0 Å². The third kappa shape index (κ3) is 18.8. The lowest BCUT2D eigenvalue weighted by Crippen LogP contribution is -1.88. The van der Waals surface area contributed by atoms with Gasteiger partial charge in [0, 0.05) is 0 Å². The Hall–Kier alpha value is 0. The summed E-state index contributed by atoms with van der Waals surface area (Å²) in [5.41, 5.74) is 0. The van der Waals surface area contributed by atoms with Crippen LogP contribution in [0.3, 0.4) is 0 Å². The van der Waals surface area contributed by atoms with Crippen LogP contribution in [0.2, 0.25) is 0 Å². The minimum absolute atomic E-state index is 0.949. The van der Waals surface area contributed by atoms with Gasteiger partial charge in [-0.05, 0) is 5.92 Å². The molecule has 0 nitrogen and oxygen atoms in total. The summed E-state index contributed by atoms with van der Waals surface area (Å²) >= 11 is 0. The normalized spacial score (nSPS) is 11.8. The maximum Gasteiger partial charge on any atom is -0.0446 e. The van der Waals surface area contributed by atoms with Crippen LogP contribution in [0.5, 0.6) is 0 Å². The molecule has 1 atom stereocenters. The molecule has 0 spiro atoms. The molecular formula is C13H30. The van der Waals surface area contributed by atoms with Crippen LogP contribution in [0.25, 0.3) is 0 Å². The van der Waals surface area contributed by atoms with Crippen molar-refractivity contribution in [3.05, 3.63) is 0 Å². The van der Waals surface area contributed by atoms with E-state index in [9.17, 15) is 0 Å². The van der Waals surface area contributed by atoms with E-state index in [1.54, 1.807) is 0 Å². The molecular weight excluding hydrogens is 156 g/mol. The van der Waals surface area contributed by atoms with Crippen LogP contribution in [0.15, 0.2) is 0 Å². The van der Waals surface area contributed by atoms with Gasteiger partial charge in [-0.3, -0.25) is 0 Å². The molecule has 0 fully saturated rings. The molecule has 0 saturated heterocycles. The zero-order chi connectivity index (χ0) is 10.5. The summed E-state index contributed by atoms with van der Waals surface area (Å²) < 4.78 is 0. The van der Waals surface area contributed by atoms with Crippen molar-refractivity contribution in [1.82, 2.24) is 0 Å². The third-order valence-corrected chi connectivity index (χ3v) is 2.44. The Morgan fingerprint density at radius 1 is 0.769 bits per heavy atom. The average molecular weight is 186 g/mol. The first-order valence-electron chi connectivity index (χ1n) is 6.22. The maximum absolute atomic E-state index is 2.31. The van der Waals surface area contributed by atoms with Gasteiger partial charge in [0.25, 0.3) is 0 Å². The summed E-state index contributed by atoms with van der Waals surface area (Å²) in [6, 6.07) is 0. The van der Waals surface area contributed by atoms with Gasteiger partial charge >= 0.3 is 0 Å². The van der Waals surface area contributed by atoms with Crippen LogP contribution in [0, 0.1) is 5.92 Å². The number of hydrogen-bond acceptors (Lipinski definition) is 0. The molecule has 0 aliphatic carbocycles. The van der Waals surface area contributed by atoms with Crippen LogP contribution >= 0.6 is 0 Å². The first kappa shape index (κ1) is 15.5. The first-order valence-corrected chi connectivity index (χ1v) is 6.22. The van der Waals surface area contributed by atoms with Crippen molar-refractivity contribution in [2.75, 3.05) is 0 Å². The molecule has 0 aliphatic heterocycles. The Labute approximate surface area is 86.1 Å². The lowest BCUT2D eigenvalue weighted by Gasteiger charge is -2.02. The Balaban J connectivity index is 0. The molecule has 0 N–H and O–H groups in total. The van der Waals surface area contributed by atoms with E-state index in [1.165, 1.54) is 44.9 Å². The van der Waals surface area contributed by atoms with Crippen LogP contribution < -0.4 is 0 Å². The summed E-state index contributed by atoms with van der Waals surface area (Å²) in [7, 11) is 0. The van der Waals surface area contributed by atoms with Gasteiger partial charge in [0.05, 0.1) is 0 Å². The Bertz CT molecular complexity index is 62.4. The molecule has 0 rings (SSSR count). The SMILES string of the molecule is CCCC(C)CC.CCCCCC. The van der Waals surface area contributed by atoms with E-state index in [1.807, 2.05) is 0 Å². The Morgan fingerprint density at radius 2 is 1.23 bits per heavy atom. The minimum Gasteiger partial charge on any atom is -0.0654 e. The molecule has 82 valence electrons. The van der Waals surface area contributed by atoms with Crippen LogP contribution in [-0.2, 0) is 0 Å². The Kier molecular flexibility index (Phi) is 17.3. The van der Waals surface area contributed by atoms with Gasteiger partial charge < -0.3 is 0 Å². The topological polar surface area (TPSA) is 0 Å². The fourth-order valence-electron chi connectivity index (χ4n) is 1.20. The Morgan fingerprint density at radius 3 is 1.38 bits per heavy atom. The highest BCUT2D eigenvalue weighted by Gasteiger charge is 1.92. The summed E-state index contributed by atoms with van der Waals surface area (Å²) in [6.07, 6.45) is 9.62. The standard InChI is InChI=1S/C7H16.C6H14/c1-4-6-7(3)5-2;1-3-5-6-4-2/h7H,4-6H2,1-3H3;3-6H2,1-2H3. The predicted molar refractivity (Wildman–Crippen MR) is 64.2 cm³/mol. The number of hydrogen-bond donors (Lipinski definition) is 0. The molecule has 0 saturated carbocycles. The van der Waals surface area contributed by atoms with Crippen molar-refractivity contribution in [3.8, 4) is 0 Å². The highest BCUT2D eigenvalue weighted by molar-refractivity contribution is 4.45. The lowest BCUT2D eigenvalue weighted by atomic mass is 10.0. The molecule has 0 aromatic rings. The first-order chi connectivity index (χ1) is 6.22. The average Bonchev–Trinajstić information content (AvgIpc) is 2.16. The molecule has 0 aromatic heterocycles. The summed E-state index contributed by atoms with van der Waals surface area (Å²) in [6.45, 7) is 11.3. The zero-order valence-corrected chi connectivity index (χ0v) is 10.5. The molecule has 13 heavy (non-hydrogen) atoms. The van der Waals surface area contributed by atoms with Crippen LogP contribution in [0.1, 0.15) is 79.6 Å². The predicted octanol–water partition coefficient (Wildman–Crippen LogP) is 5.42. The van der Waals surface area contributed by atoms with E-state index in [2.05, 4.69) is 34.6 Å². The lowest BCUT2D eigenvalue weighted by molar-refractivity contribution is 0.509. The van der Waals surface area contributed by atoms with Crippen molar-refractivity contribution in [2.45, 2.75) is 79.6 Å². The second-order valence-electron chi connectivity index (χ2n) is 4.01. The molecule has 0 radical (unpaired) electrons. The number of rotatable bonds is 6. The highest BCUT2D eigenvalue weighted by atomic mass is 14.0. The molecule has 0 bridgehead atoms. The molecule has 0 heterocycles. The largest absolute Gasteiger partial charge is 0.0654 e. The number of unbranched alkanes of at least 4 members (excludes halogenated alkanes) is 3. The van der Waals surface area contributed by atoms with Gasteiger partial charge in [0.15, 0.2) is 0 Å². The van der Waals surface area contributed by atoms with Gasteiger partial charge in [0.1, 0.15) is 0 Å². The third-order valence-electron chi connectivity index (χ3n) is 2.44. The van der Waals surface area contributed by atoms with E-state index in [0.29, 0.717) is 0 Å². The van der Waals surface area contributed by atoms with Crippen LogP contribution in [0.4, 0.5) is 0 Å². The second kappa shape index (κ2) is 14.5. The van der Waals surface area contributed by atoms with Gasteiger partial charge in [-0.25, -0.2) is 0 Å². The van der Waals surface area contributed by atoms with Crippen LogP contribution in [-0.4, -0.2) is 0 Å². The van der Waals surface area contributed by atoms with E-state index in [0.717, 1.165) is 5.92 Å². The minimum atomic E-state index is 0.949. The van der Waals surface area contributed by atoms with Gasteiger partial charge in [0.2, 0.25) is 0 Å².